The molecule has 0 unspecified atom stereocenters. The summed E-state index contributed by atoms with van der Waals surface area (Å²) in [6.45, 7) is 0.438. The molecule has 2 aromatic carbocycles. The molecule has 24 heavy (non-hydrogen) atoms. The number of aromatic nitrogens is 1. The van der Waals surface area contributed by atoms with Gasteiger partial charge in [0.05, 0.1) is 0 Å². The molecule has 122 valence electrons. The minimum atomic E-state index is -0.311. The number of carbonyl (C=O) groups is 1. The van der Waals surface area contributed by atoms with Crippen LogP contribution in [-0.4, -0.2) is 17.4 Å². The lowest BCUT2D eigenvalue weighted by atomic mass is 10.1. The number of hydrogen-bond donors (Lipinski definition) is 1. The summed E-state index contributed by atoms with van der Waals surface area (Å²) in [5.41, 5.74) is 2.05. The first-order chi connectivity index (χ1) is 11.6. The molecule has 3 nitrogen and oxygen atoms in total. The number of nitrogens with zero attached hydrogens (tertiary/aromatic N) is 1. The van der Waals surface area contributed by atoms with E-state index >= 15 is 0 Å². The predicted molar refractivity (Wildman–Crippen MR) is 89.9 cm³/mol. The highest BCUT2D eigenvalue weighted by Crippen LogP contribution is 2.23. The third-order valence-electron chi connectivity index (χ3n) is 3.44. The maximum absolute atomic E-state index is 12.9. The molecule has 0 atom stereocenters. The topological polar surface area (TPSA) is 42.0 Å². The third-order valence-corrected chi connectivity index (χ3v) is 4.33. The number of halogens is 2. The molecule has 0 fully saturated rings. The zero-order valence-corrected chi connectivity index (χ0v) is 13.4. The van der Waals surface area contributed by atoms with Gasteiger partial charge in [-0.1, -0.05) is 12.1 Å². The average Bonchev–Trinajstić information content (AvgIpc) is 3.07. The standard InChI is InChI=1S/C18H14F2N2OS/c19-14-5-1-12(2-6-14)9-10-21-17(23)16-11-24-18(22-16)13-3-7-15(20)8-4-13/h1-8,11H,9-10H2,(H,21,23). The van der Waals surface area contributed by atoms with E-state index in [1.54, 1.807) is 29.6 Å². The van der Waals surface area contributed by atoms with Crippen LogP contribution in [0, 0.1) is 11.6 Å². The molecule has 3 rings (SSSR count). The van der Waals surface area contributed by atoms with E-state index in [-0.39, 0.29) is 17.5 Å². The summed E-state index contributed by atoms with van der Waals surface area (Å²) < 4.78 is 25.8. The van der Waals surface area contributed by atoms with Gasteiger partial charge in [-0.3, -0.25) is 4.79 Å². The lowest BCUT2D eigenvalue weighted by molar-refractivity contribution is 0.0950. The van der Waals surface area contributed by atoms with Crippen LogP contribution in [0.25, 0.3) is 10.6 Å². The first-order valence-electron chi connectivity index (χ1n) is 7.36. The lowest BCUT2D eigenvalue weighted by Crippen LogP contribution is -2.25. The number of carbonyl (C=O) groups excluding carboxylic acids is 1. The summed E-state index contributed by atoms with van der Waals surface area (Å²) in [4.78, 5) is 16.4. The molecule has 1 aromatic heterocycles. The molecule has 0 radical (unpaired) electrons. The average molecular weight is 344 g/mol. The van der Waals surface area contributed by atoms with Gasteiger partial charge in [0, 0.05) is 17.5 Å². The Balaban J connectivity index is 1.57. The first-order valence-corrected chi connectivity index (χ1v) is 8.24. The Morgan fingerprint density at radius 2 is 1.62 bits per heavy atom. The van der Waals surface area contributed by atoms with E-state index in [1.165, 1.54) is 35.6 Å². The molecular formula is C18H14F2N2OS. The lowest BCUT2D eigenvalue weighted by Gasteiger charge is -2.03. The number of hydrogen-bond acceptors (Lipinski definition) is 3. The van der Waals surface area contributed by atoms with Crippen molar-refractivity contribution < 1.29 is 13.6 Å². The van der Waals surface area contributed by atoms with Crippen LogP contribution in [0.1, 0.15) is 16.1 Å². The first kappa shape index (κ1) is 16.3. The summed E-state index contributed by atoms with van der Waals surface area (Å²) >= 11 is 1.33. The van der Waals surface area contributed by atoms with Crippen molar-refractivity contribution in [3.05, 3.63) is 76.8 Å². The molecule has 0 spiro atoms. The zero-order chi connectivity index (χ0) is 16.9. The zero-order valence-electron chi connectivity index (χ0n) is 12.6. The van der Waals surface area contributed by atoms with Crippen molar-refractivity contribution in [1.29, 1.82) is 0 Å². The molecule has 0 aliphatic heterocycles. The van der Waals surface area contributed by atoms with Crippen LogP contribution in [0.4, 0.5) is 8.78 Å². The third kappa shape index (κ3) is 4.02. The normalized spacial score (nSPS) is 10.6. The van der Waals surface area contributed by atoms with E-state index in [4.69, 9.17) is 0 Å². The van der Waals surface area contributed by atoms with E-state index in [0.29, 0.717) is 23.7 Å². The highest BCUT2D eigenvalue weighted by atomic mass is 32.1. The van der Waals surface area contributed by atoms with Crippen LogP contribution in [0.15, 0.2) is 53.9 Å². The van der Waals surface area contributed by atoms with Crippen LogP contribution < -0.4 is 5.32 Å². The molecule has 6 heteroatoms. The Kier molecular flexibility index (Phi) is 4.96. The van der Waals surface area contributed by atoms with Gasteiger partial charge in [0.2, 0.25) is 0 Å². The highest BCUT2D eigenvalue weighted by molar-refractivity contribution is 7.13. The van der Waals surface area contributed by atoms with Crippen LogP contribution >= 0.6 is 11.3 Å². The van der Waals surface area contributed by atoms with Gasteiger partial charge < -0.3 is 5.32 Å². The maximum Gasteiger partial charge on any atom is 0.270 e. The van der Waals surface area contributed by atoms with Crippen LogP contribution in [-0.2, 0) is 6.42 Å². The Bertz CT molecular complexity index is 829. The summed E-state index contributed by atoms with van der Waals surface area (Å²) in [5.74, 6) is -0.852. The fraction of sp³-hybridized carbons (Fsp3) is 0.111. The van der Waals surface area contributed by atoms with Crippen molar-refractivity contribution in [3.8, 4) is 10.6 Å². The molecule has 3 aromatic rings. The second kappa shape index (κ2) is 7.31. The van der Waals surface area contributed by atoms with Crippen LogP contribution in [0.5, 0.6) is 0 Å². The monoisotopic (exact) mass is 344 g/mol. The van der Waals surface area contributed by atoms with Gasteiger partial charge in [0.15, 0.2) is 0 Å². The van der Waals surface area contributed by atoms with Crippen molar-refractivity contribution in [2.75, 3.05) is 6.54 Å². The van der Waals surface area contributed by atoms with E-state index in [9.17, 15) is 13.6 Å². The summed E-state index contributed by atoms with van der Waals surface area (Å²) in [7, 11) is 0. The van der Waals surface area contributed by atoms with Gasteiger partial charge in [-0.2, -0.15) is 0 Å². The SMILES string of the molecule is O=C(NCCc1ccc(F)cc1)c1csc(-c2ccc(F)cc2)n1. The summed E-state index contributed by atoms with van der Waals surface area (Å²) in [6, 6.07) is 12.2. The van der Waals surface area contributed by atoms with Crippen molar-refractivity contribution in [2.45, 2.75) is 6.42 Å². The smallest absolute Gasteiger partial charge is 0.270 e. The van der Waals surface area contributed by atoms with Crippen molar-refractivity contribution >= 4 is 17.2 Å². The largest absolute Gasteiger partial charge is 0.350 e. The Morgan fingerprint density at radius 1 is 1.00 bits per heavy atom. The van der Waals surface area contributed by atoms with Crippen LogP contribution in [0.3, 0.4) is 0 Å². The van der Waals surface area contributed by atoms with Crippen molar-refractivity contribution in [2.24, 2.45) is 0 Å². The molecule has 0 aliphatic carbocycles. The van der Waals surface area contributed by atoms with Gasteiger partial charge in [0.1, 0.15) is 22.3 Å². The number of benzene rings is 2. The van der Waals surface area contributed by atoms with Gasteiger partial charge in [-0.25, -0.2) is 13.8 Å². The minimum absolute atomic E-state index is 0.262. The fourth-order valence-electron chi connectivity index (χ4n) is 2.17. The van der Waals surface area contributed by atoms with Gasteiger partial charge >= 0.3 is 0 Å². The number of nitrogens with one attached hydrogen (secondary N) is 1. The summed E-state index contributed by atoms with van der Waals surface area (Å²) in [6.07, 6.45) is 0.612. The van der Waals surface area contributed by atoms with E-state index in [1.807, 2.05) is 0 Å². The fourth-order valence-corrected chi connectivity index (χ4v) is 2.97. The molecule has 1 amide bonds. The minimum Gasteiger partial charge on any atom is -0.350 e. The predicted octanol–water partition coefficient (Wildman–Crippen LogP) is 4.06. The van der Waals surface area contributed by atoms with Crippen LogP contribution in [0.2, 0.25) is 0 Å². The van der Waals surface area contributed by atoms with Gasteiger partial charge in [-0.15, -0.1) is 11.3 Å². The quantitative estimate of drug-likeness (QED) is 0.758. The molecule has 0 aliphatic rings. The van der Waals surface area contributed by atoms with E-state index in [0.717, 1.165) is 11.1 Å². The highest BCUT2D eigenvalue weighted by Gasteiger charge is 2.11. The molecule has 0 saturated carbocycles. The second-order valence-electron chi connectivity index (χ2n) is 5.18. The number of thiazole rings is 1. The Hall–Kier alpha value is -2.60. The second-order valence-corrected chi connectivity index (χ2v) is 6.04. The Labute approximate surface area is 142 Å². The number of amides is 1. The summed E-state index contributed by atoms with van der Waals surface area (Å²) in [5, 5.41) is 5.13. The van der Waals surface area contributed by atoms with Crippen molar-refractivity contribution in [3.63, 3.8) is 0 Å². The molecule has 0 bridgehead atoms. The van der Waals surface area contributed by atoms with Gasteiger partial charge in [-0.05, 0) is 48.4 Å². The Morgan fingerprint density at radius 3 is 2.29 bits per heavy atom. The molecular weight excluding hydrogens is 330 g/mol. The van der Waals surface area contributed by atoms with E-state index in [2.05, 4.69) is 10.3 Å². The maximum atomic E-state index is 12.9. The number of rotatable bonds is 5. The van der Waals surface area contributed by atoms with E-state index < -0.39 is 0 Å². The molecule has 1 N–H and O–H groups in total. The van der Waals surface area contributed by atoms with Gasteiger partial charge in [0.25, 0.3) is 5.91 Å². The molecule has 1 heterocycles. The van der Waals surface area contributed by atoms with Crippen molar-refractivity contribution in [1.82, 2.24) is 10.3 Å². The molecule has 0 saturated heterocycles.